The minimum atomic E-state index is -0.558. The third-order valence-electron chi connectivity index (χ3n) is 5.18. The van der Waals surface area contributed by atoms with Crippen LogP contribution in [0.3, 0.4) is 0 Å². The molecule has 0 unspecified atom stereocenters. The molecule has 1 fully saturated rings. The zero-order chi connectivity index (χ0) is 26.5. The summed E-state index contributed by atoms with van der Waals surface area (Å²) in [6.45, 7) is -0.207. The van der Waals surface area contributed by atoms with Crippen LogP contribution in [0.5, 0.6) is 11.5 Å². The number of halogens is 3. The maximum absolute atomic E-state index is 12.8. The van der Waals surface area contributed by atoms with Gasteiger partial charge in [0.1, 0.15) is 24.7 Å². The van der Waals surface area contributed by atoms with Crippen molar-refractivity contribution in [3.63, 3.8) is 0 Å². The standard InChI is InChI=1S/C26H19Cl3N2O5S/c1-35-22-8-7-18(12-21(22)29)30-24(32)13-31-25(33)23(37-26(31)34)10-15-3-2-4-19(9-15)36-14-16-5-6-17(27)11-20(16)28/h2-12H,13-14H2,1H3,(H,30,32)/b23-10+. The first-order chi connectivity index (χ1) is 17.7. The van der Waals surface area contributed by atoms with Crippen LogP contribution in [0, 0.1) is 0 Å². The molecule has 1 N–H and O–H groups in total. The number of nitrogens with one attached hydrogen (secondary N) is 1. The van der Waals surface area contributed by atoms with E-state index < -0.39 is 23.6 Å². The molecule has 0 aliphatic carbocycles. The van der Waals surface area contributed by atoms with Crippen molar-refractivity contribution in [2.45, 2.75) is 6.61 Å². The predicted octanol–water partition coefficient (Wildman–Crippen LogP) is 6.91. The fourth-order valence-corrected chi connectivity index (χ4v) is 4.93. The molecule has 37 heavy (non-hydrogen) atoms. The fraction of sp³-hybridized carbons (Fsp3) is 0.115. The highest BCUT2D eigenvalue weighted by Crippen LogP contribution is 2.33. The second-order valence-electron chi connectivity index (χ2n) is 7.76. The van der Waals surface area contributed by atoms with E-state index in [-0.39, 0.29) is 11.5 Å². The van der Waals surface area contributed by atoms with Crippen molar-refractivity contribution in [3.05, 3.63) is 91.8 Å². The van der Waals surface area contributed by atoms with Gasteiger partial charge in [0.2, 0.25) is 5.91 Å². The summed E-state index contributed by atoms with van der Waals surface area (Å²) in [7, 11) is 1.48. The summed E-state index contributed by atoms with van der Waals surface area (Å²) in [6.07, 6.45) is 1.58. The number of amides is 3. The first-order valence-corrected chi connectivity index (χ1v) is 12.7. The monoisotopic (exact) mass is 576 g/mol. The summed E-state index contributed by atoms with van der Waals surface area (Å²) in [5, 5.41) is 3.43. The molecule has 7 nitrogen and oxygen atoms in total. The maximum atomic E-state index is 12.8. The maximum Gasteiger partial charge on any atom is 0.294 e. The van der Waals surface area contributed by atoms with Crippen molar-refractivity contribution >= 4 is 75.4 Å². The lowest BCUT2D eigenvalue weighted by Crippen LogP contribution is -2.36. The van der Waals surface area contributed by atoms with E-state index in [4.69, 9.17) is 44.3 Å². The molecule has 3 aromatic rings. The van der Waals surface area contributed by atoms with Gasteiger partial charge in [0.15, 0.2) is 0 Å². The normalized spacial score (nSPS) is 14.3. The Morgan fingerprint density at radius 1 is 1.03 bits per heavy atom. The van der Waals surface area contributed by atoms with E-state index in [1.165, 1.54) is 13.2 Å². The third-order valence-corrected chi connectivity index (χ3v) is 6.97. The smallest absolute Gasteiger partial charge is 0.294 e. The van der Waals surface area contributed by atoms with Gasteiger partial charge in [0, 0.05) is 21.3 Å². The van der Waals surface area contributed by atoms with Gasteiger partial charge in [-0.3, -0.25) is 19.3 Å². The second-order valence-corrected chi connectivity index (χ2v) is 10.0. The van der Waals surface area contributed by atoms with Gasteiger partial charge in [0.05, 0.1) is 17.0 Å². The highest BCUT2D eigenvalue weighted by Gasteiger charge is 2.36. The quantitative estimate of drug-likeness (QED) is 0.293. The second kappa shape index (κ2) is 11.9. The summed E-state index contributed by atoms with van der Waals surface area (Å²) in [5.41, 5.74) is 1.84. The molecule has 1 saturated heterocycles. The van der Waals surface area contributed by atoms with Crippen molar-refractivity contribution < 1.29 is 23.9 Å². The molecule has 0 aromatic heterocycles. The summed E-state index contributed by atoms with van der Waals surface area (Å²) < 4.78 is 10.9. The van der Waals surface area contributed by atoms with Crippen LogP contribution >= 0.6 is 46.6 Å². The molecule has 3 amide bonds. The molecular weight excluding hydrogens is 559 g/mol. The molecular formula is C26H19Cl3N2O5S. The van der Waals surface area contributed by atoms with Crippen LogP contribution in [0.1, 0.15) is 11.1 Å². The van der Waals surface area contributed by atoms with Gasteiger partial charge in [-0.1, -0.05) is 53.0 Å². The Kier molecular flexibility index (Phi) is 8.66. The van der Waals surface area contributed by atoms with E-state index in [1.54, 1.807) is 60.7 Å². The average molecular weight is 578 g/mol. The lowest BCUT2D eigenvalue weighted by Gasteiger charge is -2.13. The molecule has 0 saturated carbocycles. The summed E-state index contributed by atoms with van der Waals surface area (Å²) in [4.78, 5) is 38.9. The molecule has 0 spiro atoms. The molecule has 3 aromatic carbocycles. The lowest BCUT2D eigenvalue weighted by atomic mass is 10.2. The number of methoxy groups -OCH3 is 1. The third kappa shape index (κ3) is 6.78. The zero-order valence-electron chi connectivity index (χ0n) is 19.3. The van der Waals surface area contributed by atoms with Gasteiger partial charge in [-0.15, -0.1) is 0 Å². The molecule has 0 bridgehead atoms. The number of imide groups is 1. The zero-order valence-corrected chi connectivity index (χ0v) is 22.4. The Hall–Kier alpha value is -3.17. The van der Waals surface area contributed by atoms with Gasteiger partial charge in [-0.2, -0.15) is 0 Å². The van der Waals surface area contributed by atoms with Crippen LogP contribution < -0.4 is 14.8 Å². The summed E-state index contributed by atoms with van der Waals surface area (Å²) >= 11 is 19.0. The van der Waals surface area contributed by atoms with Crippen molar-refractivity contribution in [1.82, 2.24) is 4.90 Å². The van der Waals surface area contributed by atoms with E-state index in [9.17, 15) is 14.4 Å². The minimum absolute atomic E-state index is 0.197. The van der Waals surface area contributed by atoms with Crippen molar-refractivity contribution in [2.24, 2.45) is 0 Å². The Morgan fingerprint density at radius 3 is 2.57 bits per heavy atom. The number of nitrogens with zero attached hydrogens (tertiary/aromatic N) is 1. The van der Waals surface area contributed by atoms with Crippen LogP contribution in [0.4, 0.5) is 10.5 Å². The van der Waals surface area contributed by atoms with Crippen molar-refractivity contribution in [3.8, 4) is 11.5 Å². The molecule has 0 radical (unpaired) electrons. The van der Waals surface area contributed by atoms with Crippen molar-refractivity contribution in [2.75, 3.05) is 19.0 Å². The summed E-state index contributed by atoms with van der Waals surface area (Å²) in [6, 6.07) is 16.9. The van der Waals surface area contributed by atoms with Crippen molar-refractivity contribution in [1.29, 1.82) is 0 Å². The van der Waals surface area contributed by atoms with Crippen LogP contribution in [0.25, 0.3) is 6.08 Å². The van der Waals surface area contributed by atoms with E-state index >= 15 is 0 Å². The number of ether oxygens (including phenoxy) is 2. The number of rotatable bonds is 8. The molecule has 11 heteroatoms. The Bertz CT molecular complexity index is 1410. The van der Waals surface area contributed by atoms with Crippen LogP contribution in [-0.2, 0) is 16.2 Å². The topological polar surface area (TPSA) is 84.9 Å². The van der Waals surface area contributed by atoms with Crippen LogP contribution in [0.15, 0.2) is 65.6 Å². The number of hydrogen-bond acceptors (Lipinski definition) is 6. The molecule has 4 rings (SSSR count). The lowest BCUT2D eigenvalue weighted by molar-refractivity contribution is -0.127. The van der Waals surface area contributed by atoms with Gasteiger partial charge in [-0.05, 0) is 65.9 Å². The van der Waals surface area contributed by atoms with E-state index in [0.717, 1.165) is 22.2 Å². The molecule has 1 heterocycles. The fourth-order valence-electron chi connectivity index (χ4n) is 3.37. The highest BCUT2D eigenvalue weighted by molar-refractivity contribution is 8.18. The predicted molar refractivity (Wildman–Crippen MR) is 147 cm³/mol. The van der Waals surface area contributed by atoms with Gasteiger partial charge in [0.25, 0.3) is 11.1 Å². The number of hydrogen-bond donors (Lipinski definition) is 1. The number of carbonyl (C=O) groups is 3. The number of thioether (sulfide) groups is 1. The van der Waals surface area contributed by atoms with Gasteiger partial charge < -0.3 is 14.8 Å². The van der Waals surface area contributed by atoms with E-state index in [0.29, 0.717) is 37.8 Å². The van der Waals surface area contributed by atoms with Gasteiger partial charge in [-0.25, -0.2) is 0 Å². The number of benzene rings is 3. The Balaban J connectivity index is 1.40. The highest BCUT2D eigenvalue weighted by atomic mass is 35.5. The number of carbonyl (C=O) groups excluding carboxylic acids is 3. The van der Waals surface area contributed by atoms with Crippen LogP contribution in [-0.4, -0.2) is 35.6 Å². The molecule has 0 atom stereocenters. The van der Waals surface area contributed by atoms with E-state index in [1.807, 2.05) is 0 Å². The van der Waals surface area contributed by atoms with Crippen LogP contribution in [0.2, 0.25) is 15.1 Å². The van der Waals surface area contributed by atoms with E-state index in [2.05, 4.69) is 5.32 Å². The molecule has 190 valence electrons. The summed E-state index contributed by atoms with van der Waals surface area (Å²) in [5.74, 6) is -0.0891. The van der Waals surface area contributed by atoms with Gasteiger partial charge >= 0.3 is 0 Å². The molecule has 1 aliphatic heterocycles. The average Bonchev–Trinajstić information content (AvgIpc) is 3.11. The first kappa shape index (κ1) is 26.9. The Labute approximate surface area is 232 Å². The Morgan fingerprint density at radius 2 is 1.84 bits per heavy atom. The first-order valence-electron chi connectivity index (χ1n) is 10.8. The SMILES string of the molecule is COc1ccc(NC(=O)CN2C(=O)S/C(=C/c3cccc(OCc4ccc(Cl)cc4Cl)c3)C2=O)cc1Cl. The minimum Gasteiger partial charge on any atom is -0.495 e. The number of anilines is 1. The molecule has 1 aliphatic rings. The largest absolute Gasteiger partial charge is 0.495 e.